The van der Waals surface area contributed by atoms with E-state index in [-0.39, 0.29) is 39.6 Å². The smallest absolute Gasteiger partial charge is 0.187 e. The lowest BCUT2D eigenvalue weighted by atomic mass is 9.96. The molecular formula is C55H60O11. The number of aliphatic hydroxyl groups excluding tert-OH is 1. The van der Waals surface area contributed by atoms with Gasteiger partial charge < -0.3 is 52.5 Å². The molecule has 0 bridgehead atoms. The third-order valence-electron chi connectivity index (χ3n) is 11.7. The molecule has 346 valence electrons. The Hall–Kier alpha value is -5.12. The molecule has 0 radical (unpaired) electrons. The highest BCUT2D eigenvalue weighted by Gasteiger charge is 2.54. The van der Waals surface area contributed by atoms with E-state index in [0.717, 1.165) is 33.4 Å². The van der Waals surface area contributed by atoms with Gasteiger partial charge in [0.2, 0.25) is 0 Å². The highest BCUT2D eigenvalue weighted by atomic mass is 16.8. The minimum Gasteiger partial charge on any atom is -0.387 e. The number of aliphatic hydroxyl groups is 1. The van der Waals surface area contributed by atoms with Crippen LogP contribution in [0.2, 0.25) is 0 Å². The van der Waals surface area contributed by atoms with Crippen LogP contribution in [0, 0.1) is 0 Å². The fourth-order valence-electron chi connectivity index (χ4n) is 8.19. The monoisotopic (exact) mass is 896 g/mol. The summed E-state index contributed by atoms with van der Waals surface area (Å²) in [7, 11) is 1.59. The van der Waals surface area contributed by atoms with Crippen molar-refractivity contribution >= 4 is 0 Å². The van der Waals surface area contributed by atoms with Crippen molar-refractivity contribution in [3.05, 3.63) is 215 Å². The van der Waals surface area contributed by atoms with Gasteiger partial charge in [-0.1, -0.05) is 182 Å². The van der Waals surface area contributed by atoms with Gasteiger partial charge >= 0.3 is 0 Å². The van der Waals surface area contributed by atoms with Gasteiger partial charge in [0.05, 0.1) is 52.9 Å². The minimum atomic E-state index is -1.16. The molecule has 0 aromatic heterocycles. The molecule has 0 amide bonds. The molecule has 2 heterocycles. The van der Waals surface area contributed by atoms with Crippen LogP contribution in [0.4, 0.5) is 0 Å². The van der Waals surface area contributed by atoms with Gasteiger partial charge in [-0.15, -0.1) is 0 Å². The molecule has 6 aromatic carbocycles. The van der Waals surface area contributed by atoms with Crippen molar-refractivity contribution in [3.8, 4) is 0 Å². The lowest BCUT2D eigenvalue weighted by Crippen LogP contribution is -2.66. The van der Waals surface area contributed by atoms with Crippen molar-refractivity contribution in [2.24, 2.45) is 0 Å². The van der Waals surface area contributed by atoms with E-state index in [1.54, 1.807) is 7.11 Å². The Morgan fingerprint density at radius 1 is 0.364 bits per heavy atom. The second-order valence-electron chi connectivity index (χ2n) is 16.5. The Morgan fingerprint density at radius 2 is 0.682 bits per heavy atom. The first-order valence-electron chi connectivity index (χ1n) is 22.6. The average Bonchev–Trinajstić information content (AvgIpc) is 3.37. The zero-order valence-electron chi connectivity index (χ0n) is 37.3. The van der Waals surface area contributed by atoms with Crippen molar-refractivity contribution in [3.63, 3.8) is 0 Å². The second-order valence-corrected chi connectivity index (χ2v) is 16.5. The van der Waals surface area contributed by atoms with E-state index < -0.39 is 61.4 Å². The summed E-state index contributed by atoms with van der Waals surface area (Å²) < 4.78 is 66.8. The summed E-state index contributed by atoms with van der Waals surface area (Å²) in [5, 5.41) is 12.2. The van der Waals surface area contributed by atoms with Crippen LogP contribution in [0.3, 0.4) is 0 Å². The summed E-state index contributed by atoms with van der Waals surface area (Å²) in [5.74, 6) is 0. The SMILES string of the molecule is CO[C@H]1O[C@H](COCc2ccccc2)[C@@H](O[C@@H]2O[C@H](COCc3ccccc3)[C@H](O)[C@H](OCc3ccccc3)[C@H]2OCc2ccccc2)[C@H](OCc2ccccc2)[C@H]1OCc1ccccc1. The zero-order valence-corrected chi connectivity index (χ0v) is 37.3. The molecule has 8 rings (SSSR count). The van der Waals surface area contributed by atoms with Gasteiger partial charge in [-0.3, -0.25) is 0 Å². The summed E-state index contributed by atoms with van der Waals surface area (Å²) in [6, 6.07) is 59.4. The number of ether oxygens (including phenoxy) is 10. The van der Waals surface area contributed by atoms with E-state index >= 15 is 0 Å². The van der Waals surface area contributed by atoms with Gasteiger partial charge in [0, 0.05) is 7.11 Å². The zero-order chi connectivity index (χ0) is 45.2. The van der Waals surface area contributed by atoms with Crippen LogP contribution in [0.15, 0.2) is 182 Å². The molecule has 11 nitrogen and oxygen atoms in total. The second kappa shape index (κ2) is 25.1. The molecule has 11 heteroatoms. The number of methoxy groups -OCH3 is 1. The van der Waals surface area contributed by atoms with Crippen LogP contribution in [0.5, 0.6) is 0 Å². The Labute approximate surface area is 388 Å². The topological polar surface area (TPSA) is 113 Å². The van der Waals surface area contributed by atoms with Gasteiger partial charge in [0.15, 0.2) is 12.6 Å². The Kier molecular flexibility index (Phi) is 18.0. The van der Waals surface area contributed by atoms with Crippen LogP contribution in [0.1, 0.15) is 33.4 Å². The van der Waals surface area contributed by atoms with Crippen molar-refractivity contribution in [1.82, 2.24) is 0 Å². The van der Waals surface area contributed by atoms with Crippen LogP contribution in [-0.2, 0) is 87.0 Å². The molecule has 2 aliphatic rings. The maximum absolute atomic E-state index is 12.2. The summed E-state index contributed by atoms with van der Waals surface area (Å²) >= 11 is 0. The number of benzene rings is 6. The summed E-state index contributed by atoms with van der Waals surface area (Å²) in [6.45, 7) is 1.68. The number of hydrogen-bond acceptors (Lipinski definition) is 11. The van der Waals surface area contributed by atoms with Crippen molar-refractivity contribution in [2.75, 3.05) is 20.3 Å². The van der Waals surface area contributed by atoms with Gasteiger partial charge in [0.25, 0.3) is 0 Å². The highest BCUT2D eigenvalue weighted by Crippen LogP contribution is 2.36. The summed E-state index contributed by atoms with van der Waals surface area (Å²) in [5.41, 5.74) is 5.78. The normalized spacial score (nSPS) is 25.4. The van der Waals surface area contributed by atoms with Crippen LogP contribution >= 0.6 is 0 Å². The molecule has 2 aliphatic heterocycles. The molecule has 1 N–H and O–H groups in total. The lowest BCUT2D eigenvalue weighted by Gasteiger charge is -2.49. The molecule has 2 saturated heterocycles. The van der Waals surface area contributed by atoms with Gasteiger partial charge in [-0.25, -0.2) is 0 Å². The average molecular weight is 897 g/mol. The largest absolute Gasteiger partial charge is 0.387 e. The van der Waals surface area contributed by atoms with Crippen LogP contribution in [0.25, 0.3) is 0 Å². The number of rotatable bonds is 23. The van der Waals surface area contributed by atoms with E-state index in [1.165, 1.54) is 0 Å². The quantitative estimate of drug-likeness (QED) is 0.0668. The predicted molar refractivity (Wildman–Crippen MR) is 247 cm³/mol. The van der Waals surface area contributed by atoms with E-state index in [9.17, 15) is 5.11 Å². The van der Waals surface area contributed by atoms with Gasteiger partial charge in [-0.2, -0.15) is 0 Å². The third-order valence-corrected chi connectivity index (χ3v) is 11.7. The Balaban J connectivity index is 1.15. The first-order valence-corrected chi connectivity index (χ1v) is 22.6. The molecule has 0 spiro atoms. The molecular weight excluding hydrogens is 837 g/mol. The number of hydrogen-bond donors (Lipinski definition) is 1. The first-order chi connectivity index (χ1) is 32.6. The van der Waals surface area contributed by atoms with Crippen LogP contribution < -0.4 is 0 Å². The third kappa shape index (κ3) is 13.5. The molecule has 10 atom stereocenters. The van der Waals surface area contributed by atoms with E-state index in [4.69, 9.17) is 47.4 Å². The van der Waals surface area contributed by atoms with Crippen molar-refractivity contribution < 1.29 is 52.5 Å². The molecule has 66 heavy (non-hydrogen) atoms. The predicted octanol–water partition coefficient (Wildman–Crippen LogP) is 8.60. The summed E-state index contributed by atoms with van der Waals surface area (Å²) in [4.78, 5) is 0. The van der Waals surface area contributed by atoms with E-state index in [1.807, 2.05) is 182 Å². The Bertz CT molecular complexity index is 2220. The molecule has 0 aliphatic carbocycles. The fraction of sp³-hybridized carbons (Fsp3) is 0.345. The fourth-order valence-corrected chi connectivity index (χ4v) is 8.19. The standard InChI is InChI=1S/C55H60O11/c1-57-54-53(63-37-45-30-18-7-19-31-45)51(61-35-43-26-14-5-15-27-43)49(47(65-54)39-59-33-41-22-10-3-11-23-41)66-55-52(62-36-44-28-16-6-17-29-44)50(60-34-42-24-12-4-13-25-42)48(56)46(64-55)38-58-32-40-20-8-2-9-21-40/h2-31,46-56H,32-39H2,1H3/t46-,47-,48+,49-,50+,51+,52-,53-,54+,55+/m1/s1. The van der Waals surface area contributed by atoms with Crippen molar-refractivity contribution in [1.29, 1.82) is 0 Å². The van der Waals surface area contributed by atoms with Gasteiger partial charge in [-0.05, 0) is 33.4 Å². The summed E-state index contributed by atoms with van der Waals surface area (Å²) in [6.07, 6.45) is -9.11. The maximum Gasteiger partial charge on any atom is 0.187 e. The molecule has 0 unspecified atom stereocenters. The maximum atomic E-state index is 12.2. The molecule has 0 saturated carbocycles. The van der Waals surface area contributed by atoms with Crippen LogP contribution in [-0.4, -0.2) is 86.8 Å². The molecule has 6 aromatic rings. The van der Waals surface area contributed by atoms with Crippen molar-refractivity contribution in [2.45, 2.75) is 101 Å². The van der Waals surface area contributed by atoms with E-state index in [0.29, 0.717) is 13.2 Å². The Morgan fingerprint density at radius 3 is 1.08 bits per heavy atom. The minimum absolute atomic E-state index is 0.0415. The molecule has 2 fully saturated rings. The lowest BCUT2D eigenvalue weighted by molar-refractivity contribution is -0.373. The first kappa shape index (κ1) is 47.4. The highest BCUT2D eigenvalue weighted by molar-refractivity contribution is 5.18. The van der Waals surface area contributed by atoms with Gasteiger partial charge in [0.1, 0.15) is 48.8 Å². The van der Waals surface area contributed by atoms with E-state index in [2.05, 4.69) is 0 Å².